The summed E-state index contributed by atoms with van der Waals surface area (Å²) in [5, 5.41) is 3.49. The number of rotatable bonds is 11. The molecule has 0 radical (unpaired) electrons. The molecule has 0 saturated heterocycles. The zero-order valence-electron chi connectivity index (χ0n) is 13.2. The predicted octanol–water partition coefficient (Wildman–Crippen LogP) is 3.48. The zero-order chi connectivity index (χ0) is 14.6. The van der Waals surface area contributed by atoms with Crippen molar-refractivity contribution in [2.75, 3.05) is 33.0 Å². The molecule has 0 aromatic heterocycles. The standard InChI is InChI=1S/C17H29NO2/c1-4-6-11-19-12-13-20-14-17(18-5-2)16-10-8-7-9-15(16)3/h7-10,17-18H,4-6,11-14H2,1-3H3. The Morgan fingerprint density at radius 2 is 1.80 bits per heavy atom. The summed E-state index contributed by atoms with van der Waals surface area (Å²) in [6, 6.07) is 8.74. The Morgan fingerprint density at radius 3 is 2.50 bits per heavy atom. The molecule has 1 unspecified atom stereocenters. The van der Waals surface area contributed by atoms with Gasteiger partial charge in [-0.05, 0) is 31.0 Å². The quantitative estimate of drug-likeness (QED) is 0.629. The van der Waals surface area contributed by atoms with Crippen LogP contribution in [0.3, 0.4) is 0 Å². The minimum Gasteiger partial charge on any atom is -0.379 e. The van der Waals surface area contributed by atoms with E-state index in [-0.39, 0.29) is 6.04 Å². The van der Waals surface area contributed by atoms with Crippen molar-refractivity contribution in [1.82, 2.24) is 5.32 Å². The van der Waals surface area contributed by atoms with E-state index in [9.17, 15) is 0 Å². The van der Waals surface area contributed by atoms with Gasteiger partial charge in [0.2, 0.25) is 0 Å². The lowest BCUT2D eigenvalue weighted by atomic mass is 10.0. The smallest absolute Gasteiger partial charge is 0.0701 e. The third-order valence-electron chi connectivity index (χ3n) is 3.31. The van der Waals surface area contributed by atoms with E-state index in [0.717, 1.165) is 19.6 Å². The van der Waals surface area contributed by atoms with E-state index in [1.165, 1.54) is 17.5 Å². The number of ether oxygens (including phenoxy) is 2. The first-order valence-corrected chi connectivity index (χ1v) is 7.74. The van der Waals surface area contributed by atoms with Gasteiger partial charge in [-0.15, -0.1) is 0 Å². The average Bonchev–Trinajstić information content (AvgIpc) is 2.46. The van der Waals surface area contributed by atoms with Crippen LogP contribution >= 0.6 is 0 Å². The van der Waals surface area contributed by atoms with Crippen LogP contribution in [0, 0.1) is 6.92 Å². The van der Waals surface area contributed by atoms with Gasteiger partial charge < -0.3 is 14.8 Å². The highest BCUT2D eigenvalue weighted by atomic mass is 16.5. The Hall–Kier alpha value is -0.900. The first-order valence-electron chi connectivity index (χ1n) is 7.74. The van der Waals surface area contributed by atoms with E-state index >= 15 is 0 Å². The molecule has 3 nitrogen and oxygen atoms in total. The Kier molecular flexibility index (Phi) is 9.29. The van der Waals surface area contributed by atoms with Gasteiger partial charge in [-0.2, -0.15) is 0 Å². The summed E-state index contributed by atoms with van der Waals surface area (Å²) in [6.07, 6.45) is 2.31. The van der Waals surface area contributed by atoms with E-state index in [1.807, 2.05) is 0 Å². The zero-order valence-corrected chi connectivity index (χ0v) is 13.2. The van der Waals surface area contributed by atoms with Gasteiger partial charge in [0.05, 0.1) is 25.9 Å². The summed E-state index contributed by atoms with van der Waals surface area (Å²) >= 11 is 0. The van der Waals surface area contributed by atoms with Gasteiger partial charge in [0.1, 0.15) is 0 Å². The van der Waals surface area contributed by atoms with E-state index < -0.39 is 0 Å². The maximum atomic E-state index is 5.75. The van der Waals surface area contributed by atoms with Crippen molar-refractivity contribution in [2.24, 2.45) is 0 Å². The lowest BCUT2D eigenvalue weighted by molar-refractivity contribution is 0.0381. The number of nitrogens with one attached hydrogen (secondary N) is 1. The average molecular weight is 279 g/mol. The fraction of sp³-hybridized carbons (Fsp3) is 0.647. The molecule has 0 aliphatic carbocycles. The first kappa shape index (κ1) is 17.2. The minimum atomic E-state index is 0.261. The predicted molar refractivity (Wildman–Crippen MR) is 84.1 cm³/mol. The van der Waals surface area contributed by atoms with E-state index in [0.29, 0.717) is 19.8 Å². The third kappa shape index (κ3) is 6.51. The van der Waals surface area contributed by atoms with Crippen LogP contribution < -0.4 is 5.32 Å². The summed E-state index contributed by atoms with van der Waals surface area (Å²) in [6.45, 7) is 10.3. The third-order valence-corrected chi connectivity index (χ3v) is 3.31. The minimum absolute atomic E-state index is 0.261. The molecule has 0 fully saturated rings. The van der Waals surface area contributed by atoms with Crippen LogP contribution in [0.4, 0.5) is 0 Å². The van der Waals surface area contributed by atoms with Crippen LogP contribution in [0.25, 0.3) is 0 Å². The molecule has 1 atom stereocenters. The molecule has 0 saturated carbocycles. The number of aryl methyl sites for hydroxylation is 1. The Morgan fingerprint density at radius 1 is 1.05 bits per heavy atom. The molecule has 0 heterocycles. The molecular weight excluding hydrogens is 250 g/mol. The summed E-state index contributed by atoms with van der Waals surface area (Å²) in [7, 11) is 0. The van der Waals surface area contributed by atoms with Crippen molar-refractivity contribution in [3.05, 3.63) is 35.4 Å². The monoisotopic (exact) mass is 279 g/mol. The summed E-state index contributed by atoms with van der Waals surface area (Å²) in [5.41, 5.74) is 2.63. The van der Waals surface area contributed by atoms with Gasteiger partial charge in [0, 0.05) is 6.61 Å². The molecule has 20 heavy (non-hydrogen) atoms. The van der Waals surface area contributed by atoms with Crippen molar-refractivity contribution < 1.29 is 9.47 Å². The van der Waals surface area contributed by atoms with Crippen LogP contribution in [0.2, 0.25) is 0 Å². The van der Waals surface area contributed by atoms with E-state index in [1.54, 1.807) is 0 Å². The van der Waals surface area contributed by atoms with Gasteiger partial charge in [-0.25, -0.2) is 0 Å². The van der Waals surface area contributed by atoms with Gasteiger partial charge in [0.25, 0.3) is 0 Å². The van der Waals surface area contributed by atoms with Crippen LogP contribution in [-0.4, -0.2) is 33.0 Å². The molecular formula is C17H29NO2. The molecule has 0 spiro atoms. The molecule has 1 rings (SSSR count). The van der Waals surface area contributed by atoms with Gasteiger partial charge in [-0.3, -0.25) is 0 Å². The first-order chi connectivity index (χ1) is 9.79. The number of hydrogen-bond donors (Lipinski definition) is 1. The van der Waals surface area contributed by atoms with Gasteiger partial charge in [-0.1, -0.05) is 44.5 Å². The second kappa shape index (κ2) is 10.8. The highest BCUT2D eigenvalue weighted by Gasteiger charge is 2.12. The van der Waals surface area contributed by atoms with Crippen LogP contribution in [0.1, 0.15) is 43.9 Å². The van der Waals surface area contributed by atoms with Crippen LogP contribution in [0.15, 0.2) is 24.3 Å². The van der Waals surface area contributed by atoms with Crippen molar-refractivity contribution in [3.8, 4) is 0 Å². The van der Waals surface area contributed by atoms with Crippen molar-refractivity contribution >= 4 is 0 Å². The second-order valence-corrected chi connectivity index (χ2v) is 5.01. The second-order valence-electron chi connectivity index (χ2n) is 5.01. The van der Waals surface area contributed by atoms with Crippen molar-refractivity contribution in [2.45, 2.75) is 39.7 Å². The van der Waals surface area contributed by atoms with E-state index in [2.05, 4.69) is 50.4 Å². The normalized spacial score (nSPS) is 12.6. The number of hydrogen-bond acceptors (Lipinski definition) is 3. The molecule has 0 aliphatic heterocycles. The van der Waals surface area contributed by atoms with Crippen molar-refractivity contribution in [1.29, 1.82) is 0 Å². The molecule has 0 aliphatic rings. The van der Waals surface area contributed by atoms with E-state index in [4.69, 9.17) is 9.47 Å². The number of unbranched alkanes of at least 4 members (excludes halogenated alkanes) is 1. The molecule has 0 amide bonds. The summed E-state index contributed by atoms with van der Waals surface area (Å²) in [4.78, 5) is 0. The SMILES string of the molecule is CCCCOCCOCC(NCC)c1ccccc1C. The fourth-order valence-electron chi connectivity index (χ4n) is 2.15. The summed E-state index contributed by atoms with van der Waals surface area (Å²) in [5.74, 6) is 0. The summed E-state index contributed by atoms with van der Waals surface area (Å²) < 4.78 is 11.3. The highest BCUT2D eigenvalue weighted by molar-refractivity contribution is 5.28. The Labute approximate surface area is 123 Å². The lowest BCUT2D eigenvalue weighted by Gasteiger charge is -2.20. The Balaban J connectivity index is 2.31. The molecule has 3 heteroatoms. The number of likely N-dealkylation sites (N-methyl/N-ethyl adjacent to an activating group) is 1. The molecule has 1 aromatic carbocycles. The molecule has 114 valence electrons. The largest absolute Gasteiger partial charge is 0.379 e. The molecule has 1 aromatic rings. The molecule has 0 bridgehead atoms. The highest BCUT2D eigenvalue weighted by Crippen LogP contribution is 2.17. The van der Waals surface area contributed by atoms with Gasteiger partial charge in [0.15, 0.2) is 0 Å². The Bertz CT molecular complexity index is 355. The van der Waals surface area contributed by atoms with Crippen LogP contribution in [-0.2, 0) is 9.47 Å². The maximum Gasteiger partial charge on any atom is 0.0701 e. The van der Waals surface area contributed by atoms with Gasteiger partial charge >= 0.3 is 0 Å². The maximum absolute atomic E-state index is 5.75. The lowest BCUT2D eigenvalue weighted by Crippen LogP contribution is -2.26. The topological polar surface area (TPSA) is 30.5 Å². The molecule has 1 N–H and O–H groups in total. The fourth-order valence-corrected chi connectivity index (χ4v) is 2.15. The van der Waals surface area contributed by atoms with Crippen LogP contribution in [0.5, 0.6) is 0 Å². The number of benzene rings is 1. The van der Waals surface area contributed by atoms with Crippen molar-refractivity contribution in [3.63, 3.8) is 0 Å².